The summed E-state index contributed by atoms with van der Waals surface area (Å²) in [6.07, 6.45) is 3.56. The first-order chi connectivity index (χ1) is 22.5. The summed E-state index contributed by atoms with van der Waals surface area (Å²) in [6, 6.07) is 30.2. The predicted octanol–water partition coefficient (Wildman–Crippen LogP) is 7.46. The van der Waals surface area contributed by atoms with Gasteiger partial charge in [0.1, 0.15) is 11.5 Å². The molecule has 0 spiro atoms. The molecular weight excluding hydrogens is 617 g/mol. The molecule has 4 aromatic carbocycles. The number of amides is 2. The number of carbonyl (C=O) groups excluding carboxylic acids is 2. The lowest BCUT2D eigenvalue weighted by molar-refractivity contribution is 0.0942. The fourth-order valence-corrected chi connectivity index (χ4v) is 7.28. The molecule has 10 heteroatoms. The van der Waals surface area contributed by atoms with Gasteiger partial charge < -0.3 is 20.1 Å². The Labute approximate surface area is 274 Å². The number of hydrogen-bond donors (Lipinski definition) is 2. The molecule has 2 aromatic heterocycles. The van der Waals surface area contributed by atoms with E-state index >= 15 is 0 Å². The number of hydrogen-bond acceptors (Lipinski definition) is 8. The highest BCUT2D eigenvalue weighted by atomic mass is 33.1. The molecule has 8 nitrogen and oxygen atoms in total. The number of carbonyl (C=O) groups is 2. The van der Waals surface area contributed by atoms with Crippen LogP contribution in [0, 0.1) is 0 Å². The smallest absolute Gasteiger partial charge is 0.251 e. The Morgan fingerprint density at radius 2 is 1.07 bits per heavy atom. The van der Waals surface area contributed by atoms with Gasteiger partial charge in [0.15, 0.2) is 0 Å². The lowest BCUT2D eigenvalue weighted by Gasteiger charge is -2.13. The molecule has 2 heterocycles. The van der Waals surface area contributed by atoms with Crippen molar-refractivity contribution in [3.8, 4) is 11.5 Å². The highest BCUT2D eigenvalue weighted by molar-refractivity contribution is 8.76. The summed E-state index contributed by atoms with van der Waals surface area (Å²) in [5.74, 6) is 0.922. The van der Waals surface area contributed by atoms with Crippen LogP contribution in [-0.2, 0) is 13.1 Å². The van der Waals surface area contributed by atoms with Crippen LogP contribution in [0.5, 0.6) is 11.5 Å². The van der Waals surface area contributed by atoms with E-state index in [1.165, 1.54) is 0 Å². The lowest BCUT2D eigenvalue weighted by Crippen LogP contribution is -2.23. The molecule has 0 aliphatic heterocycles. The van der Waals surface area contributed by atoms with Gasteiger partial charge >= 0.3 is 0 Å². The SMILES string of the molecule is COc1cccc(C(=O)NCc2ccc(SSc3ccc(CNC(=O)c4cccc(OC)c4)c4cccnc34)c3ncccc23)c1. The summed E-state index contributed by atoms with van der Waals surface area (Å²) in [6.45, 7) is 0.724. The Hall–Kier alpha value is -5.06. The number of benzene rings is 4. The van der Waals surface area contributed by atoms with E-state index < -0.39 is 0 Å². The molecule has 46 heavy (non-hydrogen) atoms. The van der Waals surface area contributed by atoms with E-state index in [4.69, 9.17) is 9.47 Å². The van der Waals surface area contributed by atoms with Crippen LogP contribution >= 0.6 is 21.6 Å². The number of pyridine rings is 2. The second-order valence-corrected chi connectivity index (χ2v) is 12.5. The number of ether oxygens (including phenoxy) is 2. The van der Waals surface area contributed by atoms with Gasteiger partial charge in [-0.25, -0.2) is 0 Å². The van der Waals surface area contributed by atoms with E-state index in [2.05, 4.69) is 20.6 Å². The largest absolute Gasteiger partial charge is 0.497 e. The average Bonchev–Trinajstić information content (AvgIpc) is 3.12. The fraction of sp³-hybridized carbons (Fsp3) is 0.111. The standard InChI is InChI=1S/C36H30N4O4S2/c1-43-27-9-3-7-23(19-27)35(41)39-21-25-13-15-31(33-29(25)11-5-17-37-33)45-46-32-16-14-26(30-12-6-18-38-34(30)32)22-40-36(42)24-8-4-10-28(20-24)44-2/h3-20H,21-22H2,1-2H3,(H,39,41)(H,40,42). The molecule has 0 unspecified atom stereocenters. The van der Waals surface area contributed by atoms with Crippen LogP contribution in [0.25, 0.3) is 21.8 Å². The Morgan fingerprint density at radius 3 is 1.50 bits per heavy atom. The summed E-state index contributed by atoms with van der Waals surface area (Å²) in [4.78, 5) is 37.0. The minimum Gasteiger partial charge on any atom is -0.497 e. The lowest BCUT2D eigenvalue weighted by atomic mass is 10.1. The maximum atomic E-state index is 12.8. The molecule has 6 rings (SSSR count). The highest BCUT2D eigenvalue weighted by Gasteiger charge is 2.14. The first-order valence-corrected chi connectivity index (χ1v) is 16.6. The van der Waals surface area contributed by atoms with Crippen LogP contribution in [0.3, 0.4) is 0 Å². The van der Waals surface area contributed by atoms with E-state index in [0.29, 0.717) is 35.7 Å². The Balaban J connectivity index is 1.17. The van der Waals surface area contributed by atoms with Crippen molar-refractivity contribution >= 4 is 55.2 Å². The second kappa shape index (κ2) is 14.4. The van der Waals surface area contributed by atoms with Gasteiger partial charge in [-0.15, -0.1) is 0 Å². The summed E-state index contributed by atoms with van der Waals surface area (Å²) >= 11 is 0. The van der Waals surface area contributed by atoms with Crippen LogP contribution in [-0.4, -0.2) is 36.0 Å². The van der Waals surface area contributed by atoms with Crippen molar-refractivity contribution in [2.45, 2.75) is 22.9 Å². The van der Waals surface area contributed by atoms with Crippen LogP contribution in [0.4, 0.5) is 0 Å². The molecular formula is C36H30N4O4S2. The summed E-state index contributed by atoms with van der Waals surface area (Å²) < 4.78 is 10.5. The second-order valence-electron chi connectivity index (χ2n) is 10.2. The first kappa shape index (κ1) is 30.9. The summed E-state index contributed by atoms with van der Waals surface area (Å²) in [5, 5.41) is 7.99. The topological polar surface area (TPSA) is 102 Å². The molecule has 0 bridgehead atoms. The molecule has 0 aliphatic carbocycles. The number of fused-ring (bicyclic) bond motifs is 2. The Morgan fingerprint density at radius 1 is 0.609 bits per heavy atom. The predicted molar refractivity (Wildman–Crippen MR) is 184 cm³/mol. The average molecular weight is 647 g/mol. The number of rotatable bonds is 11. The van der Waals surface area contributed by atoms with Gasteiger partial charge in [-0.2, -0.15) is 0 Å². The van der Waals surface area contributed by atoms with E-state index in [0.717, 1.165) is 42.7 Å². The van der Waals surface area contributed by atoms with Crippen molar-refractivity contribution in [3.05, 3.63) is 132 Å². The van der Waals surface area contributed by atoms with E-state index in [1.54, 1.807) is 84.6 Å². The van der Waals surface area contributed by atoms with E-state index in [9.17, 15) is 9.59 Å². The van der Waals surface area contributed by atoms with Gasteiger partial charge in [0.2, 0.25) is 0 Å². The molecule has 0 radical (unpaired) electrons. The highest BCUT2D eigenvalue weighted by Crippen LogP contribution is 2.43. The zero-order chi connectivity index (χ0) is 31.9. The zero-order valence-electron chi connectivity index (χ0n) is 25.2. The summed E-state index contributed by atoms with van der Waals surface area (Å²) in [5.41, 5.74) is 4.75. The van der Waals surface area contributed by atoms with Gasteiger partial charge in [0, 0.05) is 57.2 Å². The molecule has 0 fully saturated rings. The molecule has 0 aliphatic rings. The molecule has 2 amide bonds. The van der Waals surface area contributed by atoms with Crippen LogP contribution in [0.1, 0.15) is 31.8 Å². The van der Waals surface area contributed by atoms with E-state index in [-0.39, 0.29) is 11.8 Å². The normalized spacial score (nSPS) is 10.9. The molecule has 6 aromatic rings. The van der Waals surface area contributed by atoms with Gasteiger partial charge in [-0.05, 0) is 71.8 Å². The van der Waals surface area contributed by atoms with Crippen molar-refractivity contribution in [2.75, 3.05) is 14.2 Å². The maximum Gasteiger partial charge on any atom is 0.251 e. The maximum absolute atomic E-state index is 12.8. The minimum atomic E-state index is -0.173. The van der Waals surface area contributed by atoms with Crippen molar-refractivity contribution in [3.63, 3.8) is 0 Å². The van der Waals surface area contributed by atoms with Crippen molar-refractivity contribution in [1.82, 2.24) is 20.6 Å². The fourth-order valence-electron chi connectivity index (χ4n) is 5.03. The van der Waals surface area contributed by atoms with Gasteiger partial charge in [0.25, 0.3) is 11.8 Å². The molecule has 0 saturated carbocycles. The van der Waals surface area contributed by atoms with Crippen LogP contribution in [0.15, 0.2) is 119 Å². The summed E-state index contributed by atoms with van der Waals surface area (Å²) in [7, 11) is 6.37. The minimum absolute atomic E-state index is 0.173. The third-order valence-electron chi connectivity index (χ3n) is 7.41. The molecule has 230 valence electrons. The van der Waals surface area contributed by atoms with Crippen molar-refractivity contribution < 1.29 is 19.1 Å². The number of aromatic nitrogens is 2. The van der Waals surface area contributed by atoms with Crippen LogP contribution in [0.2, 0.25) is 0 Å². The monoisotopic (exact) mass is 646 g/mol. The number of nitrogens with zero attached hydrogens (tertiary/aromatic N) is 2. The molecule has 0 saturated heterocycles. The molecule has 2 N–H and O–H groups in total. The number of nitrogens with one attached hydrogen (secondary N) is 2. The van der Waals surface area contributed by atoms with Gasteiger partial charge in [-0.3, -0.25) is 19.6 Å². The Kier molecular flexibility index (Phi) is 9.66. The quantitative estimate of drug-likeness (QED) is 0.140. The van der Waals surface area contributed by atoms with Gasteiger partial charge in [-0.1, -0.05) is 58.0 Å². The zero-order valence-corrected chi connectivity index (χ0v) is 26.8. The molecule has 0 atom stereocenters. The van der Waals surface area contributed by atoms with Crippen molar-refractivity contribution in [2.24, 2.45) is 0 Å². The van der Waals surface area contributed by atoms with E-state index in [1.807, 2.05) is 60.7 Å². The first-order valence-electron chi connectivity index (χ1n) is 14.5. The van der Waals surface area contributed by atoms with Crippen molar-refractivity contribution in [1.29, 1.82) is 0 Å². The Bertz CT molecular complexity index is 1910. The number of methoxy groups -OCH3 is 2. The third-order valence-corrected chi connectivity index (χ3v) is 9.84. The third kappa shape index (κ3) is 6.93. The van der Waals surface area contributed by atoms with Crippen LogP contribution < -0.4 is 20.1 Å². The van der Waals surface area contributed by atoms with Gasteiger partial charge in [0.05, 0.1) is 25.3 Å².